The van der Waals surface area contributed by atoms with Crippen molar-refractivity contribution < 1.29 is 13.9 Å². The van der Waals surface area contributed by atoms with E-state index >= 15 is 0 Å². The van der Waals surface area contributed by atoms with E-state index in [-0.39, 0.29) is 18.0 Å². The molecule has 3 aromatic rings. The van der Waals surface area contributed by atoms with Crippen LogP contribution in [0, 0.1) is 11.3 Å². The molecule has 1 amide bonds. The lowest BCUT2D eigenvalue weighted by molar-refractivity contribution is -0.00751. The molecule has 2 fully saturated rings. The highest BCUT2D eigenvalue weighted by molar-refractivity contribution is 5.95. The van der Waals surface area contributed by atoms with Crippen molar-refractivity contribution in [2.24, 2.45) is 0 Å². The number of carbonyl (C=O) groups excluding carboxylic acids is 1. The Balaban J connectivity index is 1.64. The Labute approximate surface area is 148 Å². The lowest BCUT2D eigenvalue weighted by Crippen LogP contribution is -2.49. The molecule has 0 spiro atoms. The average Bonchev–Trinajstić information content (AvgIpc) is 3.38. The van der Waals surface area contributed by atoms with Crippen molar-refractivity contribution in [2.45, 2.75) is 24.9 Å². The molecule has 5 rings (SSSR count). The number of oxazole rings is 1. The van der Waals surface area contributed by atoms with Crippen LogP contribution in [0.1, 0.15) is 28.9 Å². The number of fused-ring (bicyclic) bond motifs is 3. The zero-order valence-corrected chi connectivity index (χ0v) is 13.8. The number of aromatic nitrogens is 3. The van der Waals surface area contributed by atoms with Crippen LogP contribution in [0.2, 0.25) is 0 Å². The summed E-state index contributed by atoms with van der Waals surface area (Å²) >= 11 is 0. The van der Waals surface area contributed by atoms with Gasteiger partial charge in [-0.15, -0.1) is 0 Å². The average molecular weight is 349 g/mol. The fourth-order valence-electron chi connectivity index (χ4n) is 3.93. The van der Waals surface area contributed by atoms with Crippen LogP contribution in [0.3, 0.4) is 0 Å². The van der Waals surface area contributed by atoms with Crippen molar-refractivity contribution in [1.29, 1.82) is 5.26 Å². The summed E-state index contributed by atoms with van der Waals surface area (Å²) in [6, 6.07) is 4.04. The number of hydrogen-bond donors (Lipinski definition) is 0. The van der Waals surface area contributed by atoms with Gasteiger partial charge in [0.25, 0.3) is 5.91 Å². The SMILES string of the molecule is N#Cc1cc(-c2cnco2)c2ncc(C(=O)N3C4CCC3COC4)n2c1. The Morgan fingerprint density at radius 3 is 2.77 bits per heavy atom. The highest BCUT2D eigenvalue weighted by Gasteiger charge is 2.41. The number of carbonyl (C=O) groups is 1. The number of morpholine rings is 1. The van der Waals surface area contributed by atoms with E-state index in [0.717, 1.165) is 12.8 Å². The molecule has 0 aliphatic carbocycles. The number of nitrogens with zero attached hydrogens (tertiary/aromatic N) is 5. The summed E-state index contributed by atoms with van der Waals surface area (Å²) in [6.07, 6.45) is 8.01. The van der Waals surface area contributed by atoms with Crippen LogP contribution in [0.15, 0.2) is 35.5 Å². The monoisotopic (exact) mass is 349 g/mol. The summed E-state index contributed by atoms with van der Waals surface area (Å²) in [7, 11) is 0. The minimum absolute atomic E-state index is 0.0769. The molecule has 3 aromatic heterocycles. The van der Waals surface area contributed by atoms with Gasteiger partial charge >= 0.3 is 0 Å². The maximum Gasteiger partial charge on any atom is 0.273 e. The summed E-state index contributed by atoms with van der Waals surface area (Å²) in [5.41, 5.74) is 2.05. The van der Waals surface area contributed by atoms with E-state index in [2.05, 4.69) is 16.0 Å². The minimum Gasteiger partial charge on any atom is -0.443 e. The molecule has 2 aliphatic rings. The standard InChI is InChI=1S/C18H15N5O3/c19-4-11-3-14(16-6-20-10-26-16)17-21-5-15(22(17)7-11)18(24)23-12-1-2-13(23)9-25-8-12/h3,5-7,10,12-13H,1-2,8-9H2. The van der Waals surface area contributed by atoms with Gasteiger partial charge in [-0.3, -0.25) is 9.20 Å². The number of ether oxygens (including phenoxy) is 1. The molecular weight excluding hydrogens is 334 g/mol. The summed E-state index contributed by atoms with van der Waals surface area (Å²) in [4.78, 5) is 23.5. The van der Waals surface area contributed by atoms with E-state index in [1.807, 2.05) is 4.90 Å². The molecule has 0 aromatic carbocycles. The van der Waals surface area contributed by atoms with Crippen LogP contribution in [-0.2, 0) is 4.74 Å². The van der Waals surface area contributed by atoms with Crippen LogP contribution in [-0.4, -0.2) is 50.5 Å². The highest BCUT2D eigenvalue weighted by atomic mass is 16.5. The lowest BCUT2D eigenvalue weighted by Gasteiger charge is -2.34. The largest absolute Gasteiger partial charge is 0.443 e. The van der Waals surface area contributed by atoms with Gasteiger partial charge in [0.05, 0.1) is 48.8 Å². The number of nitriles is 1. The van der Waals surface area contributed by atoms with Crippen molar-refractivity contribution in [3.8, 4) is 17.4 Å². The zero-order valence-electron chi connectivity index (χ0n) is 13.8. The molecule has 2 unspecified atom stereocenters. The number of rotatable bonds is 2. The second-order valence-corrected chi connectivity index (χ2v) is 6.59. The first kappa shape index (κ1) is 15.1. The van der Waals surface area contributed by atoms with Crippen molar-refractivity contribution in [3.63, 3.8) is 0 Å². The molecule has 26 heavy (non-hydrogen) atoms. The molecule has 0 N–H and O–H groups in total. The third kappa shape index (κ3) is 2.14. The van der Waals surface area contributed by atoms with Gasteiger partial charge in [-0.1, -0.05) is 0 Å². The minimum atomic E-state index is -0.0769. The molecule has 0 saturated carbocycles. The molecule has 2 aliphatic heterocycles. The van der Waals surface area contributed by atoms with E-state index in [4.69, 9.17) is 9.15 Å². The van der Waals surface area contributed by atoms with Crippen molar-refractivity contribution >= 4 is 11.6 Å². The Bertz CT molecular complexity index is 1020. The summed E-state index contributed by atoms with van der Waals surface area (Å²) in [5.74, 6) is 0.426. The van der Waals surface area contributed by atoms with Crippen molar-refractivity contribution in [3.05, 3.63) is 42.3 Å². The van der Waals surface area contributed by atoms with Gasteiger partial charge in [0.1, 0.15) is 17.4 Å². The zero-order chi connectivity index (χ0) is 17.7. The lowest BCUT2D eigenvalue weighted by atomic mass is 10.1. The van der Waals surface area contributed by atoms with Crippen LogP contribution < -0.4 is 0 Å². The van der Waals surface area contributed by atoms with E-state index in [1.54, 1.807) is 29.1 Å². The van der Waals surface area contributed by atoms with Gasteiger partial charge in [-0.2, -0.15) is 5.26 Å². The first-order chi connectivity index (χ1) is 12.8. The van der Waals surface area contributed by atoms with E-state index in [1.165, 1.54) is 6.39 Å². The molecule has 8 heteroatoms. The molecule has 2 atom stereocenters. The highest BCUT2D eigenvalue weighted by Crippen LogP contribution is 2.31. The quantitative estimate of drug-likeness (QED) is 0.701. The molecule has 2 saturated heterocycles. The summed E-state index contributed by atoms with van der Waals surface area (Å²) in [5, 5.41) is 9.39. The predicted octanol–water partition coefficient (Wildman–Crippen LogP) is 1.86. The molecule has 5 heterocycles. The third-order valence-corrected chi connectivity index (χ3v) is 5.13. The van der Waals surface area contributed by atoms with E-state index in [9.17, 15) is 10.1 Å². The Kier molecular flexibility index (Phi) is 3.30. The van der Waals surface area contributed by atoms with Crippen LogP contribution in [0.4, 0.5) is 0 Å². The fraction of sp³-hybridized carbons (Fsp3) is 0.333. The number of hydrogen-bond acceptors (Lipinski definition) is 6. The Hall–Kier alpha value is -3.18. The third-order valence-electron chi connectivity index (χ3n) is 5.13. The van der Waals surface area contributed by atoms with Crippen LogP contribution >= 0.6 is 0 Å². The molecule has 8 nitrogen and oxygen atoms in total. The summed E-state index contributed by atoms with van der Waals surface area (Å²) < 4.78 is 12.6. The number of amides is 1. The normalized spacial score (nSPS) is 21.9. The van der Waals surface area contributed by atoms with Gasteiger partial charge < -0.3 is 14.1 Å². The topological polar surface area (TPSA) is 96.7 Å². The number of pyridine rings is 1. The van der Waals surface area contributed by atoms with Gasteiger partial charge in [0.2, 0.25) is 0 Å². The smallest absolute Gasteiger partial charge is 0.273 e. The Morgan fingerprint density at radius 1 is 1.27 bits per heavy atom. The van der Waals surface area contributed by atoms with Crippen molar-refractivity contribution in [1.82, 2.24) is 19.3 Å². The van der Waals surface area contributed by atoms with Crippen molar-refractivity contribution in [2.75, 3.05) is 13.2 Å². The molecule has 130 valence electrons. The van der Waals surface area contributed by atoms with Gasteiger partial charge in [0.15, 0.2) is 12.2 Å². The molecule has 0 radical (unpaired) electrons. The first-order valence-corrected chi connectivity index (χ1v) is 8.46. The molecular formula is C18H15N5O3. The van der Waals surface area contributed by atoms with Gasteiger partial charge in [-0.05, 0) is 18.9 Å². The Morgan fingerprint density at radius 2 is 2.08 bits per heavy atom. The van der Waals surface area contributed by atoms with Gasteiger partial charge in [0, 0.05) is 6.20 Å². The second-order valence-electron chi connectivity index (χ2n) is 6.59. The maximum atomic E-state index is 13.2. The van der Waals surface area contributed by atoms with Crippen LogP contribution in [0.25, 0.3) is 17.0 Å². The van der Waals surface area contributed by atoms with Crippen LogP contribution in [0.5, 0.6) is 0 Å². The number of imidazole rings is 1. The van der Waals surface area contributed by atoms with Gasteiger partial charge in [-0.25, -0.2) is 9.97 Å². The maximum absolute atomic E-state index is 13.2. The summed E-state index contributed by atoms with van der Waals surface area (Å²) in [6.45, 7) is 1.15. The van der Waals surface area contributed by atoms with E-state index in [0.29, 0.717) is 41.4 Å². The second kappa shape index (κ2) is 5.68. The first-order valence-electron chi connectivity index (χ1n) is 8.46. The fourth-order valence-corrected chi connectivity index (χ4v) is 3.93. The van der Waals surface area contributed by atoms with E-state index < -0.39 is 0 Å². The predicted molar refractivity (Wildman–Crippen MR) is 89.2 cm³/mol. The molecule has 2 bridgehead atoms.